The van der Waals surface area contributed by atoms with Crippen molar-refractivity contribution in [1.29, 1.82) is 0 Å². The SMILES string of the molecule is CC(C)(C)[Si](C)(C)N1C(=O)CC1CC=O. The number of aldehydes is 1. The first-order valence-electron chi connectivity index (χ1n) is 5.47. The third-order valence-electron chi connectivity index (χ3n) is 3.85. The second-order valence-electron chi connectivity index (χ2n) is 5.83. The normalized spacial score (nSPS) is 22.6. The summed E-state index contributed by atoms with van der Waals surface area (Å²) < 4.78 is 2.02. The summed E-state index contributed by atoms with van der Waals surface area (Å²) in [6.45, 7) is 11.0. The molecule has 0 aromatic rings. The highest BCUT2D eigenvalue weighted by Gasteiger charge is 2.51. The first-order chi connectivity index (χ1) is 6.71. The average Bonchev–Trinajstić information content (AvgIpc) is 2.00. The van der Waals surface area contributed by atoms with E-state index in [0.717, 1.165) is 6.29 Å². The molecule has 86 valence electrons. The molecule has 0 saturated carbocycles. The summed E-state index contributed by atoms with van der Waals surface area (Å²) in [7, 11) is -1.76. The van der Waals surface area contributed by atoms with Gasteiger partial charge >= 0.3 is 0 Å². The van der Waals surface area contributed by atoms with Gasteiger partial charge in [-0.25, -0.2) is 0 Å². The Morgan fingerprint density at radius 1 is 1.47 bits per heavy atom. The lowest BCUT2D eigenvalue weighted by Crippen LogP contribution is -2.68. The number of carbonyl (C=O) groups is 2. The Morgan fingerprint density at radius 3 is 2.33 bits per heavy atom. The molecule has 1 unspecified atom stereocenters. The third-order valence-corrected chi connectivity index (χ3v) is 9.34. The zero-order valence-electron chi connectivity index (χ0n) is 10.3. The minimum absolute atomic E-state index is 0.157. The number of hydrogen-bond acceptors (Lipinski definition) is 2. The summed E-state index contributed by atoms with van der Waals surface area (Å²) >= 11 is 0. The Labute approximate surface area is 92.9 Å². The largest absolute Gasteiger partial charge is 0.366 e. The minimum Gasteiger partial charge on any atom is -0.366 e. The van der Waals surface area contributed by atoms with Crippen LogP contribution in [0.1, 0.15) is 33.6 Å². The maximum Gasteiger partial charge on any atom is 0.216 e. The van der Waals surface area contributed by atoms with Gasteiger partial charge in [-0.05, 0) is 5.04 Å². The number of hydrogen-bond donors (Lipinski definition) is 0. The molecule has 3 nitrogen and oxygen atoms in total. The maximum absolute atomic E-state index is 11.7. The van der Waals surface area contributed by atoms with E-state index in [2.05, 4.69) is 33.9 Å². The van der Waals surface area contributed by atoms with Crippen LogP contribution in [0.15, 0.2) is 0 Å². The van der Waals surface area contributed by atoms with Gasteiger partial charge in [0.15, 0.2) is 8.24 Å². The van der Waals surface area contributed by atoms with Gasteiger partial charge in [0, 0.05) is 18.9 Å². The van der Waals surface area contributed by atoms with Crippen LogP contribution in [0.25, 0.3) is 0 Å². The van der Waals surface area contributed by atoms with Crippen molar-refractivity contribution >= 4 is 20.4 Å². The molecule has 0 radical (unpaired) electrons. The van der Waals surface area contributed by atoms with E-state index in [1.54, 1.807) is 0 Å². The van der Waals surface area contributed by atoms with Crippen molar-refractivity contribution in [3.63, 3.8) is 0 Å². The van der Waals surface area contributed by atoms with Gasteiger partial charge in [-0.1, -0.05) is 33.9 Å². The van der Waals surface area contributed by atoms with Crippen molar-refractivity contribution in [3.8, 4) is 0 Å². The van der Waals surface area contributed by atoms with Crippen molar-refractivity contribution in [2.24, 2.45) is 0 Å². The van der Waals surface area contributed by atoms with Crippen LogP contribution in [0.5, 0.6) is 0 Å². The summed E-state index contributed by atoms with van der Waals surface area (Å²) in [5, 5.41) is 0.157. The van der Waals surface area contributed by atoms with Crippen molar-refractivity contribution in [1.82, 2.24) is 4.57 Å². The van der Waals surface area contributed by atoms with Gasteiger partial charge in [-0.15, -0.1) is 0 Å². The number of nitrogens with zero attached hydrogens (tertiary/aromatic N) is 1. The monoisotopic (exact) mass is 227 g/mol. The van der Waals surface area contributed by atoms with Gasteiger partial charge in [0.1, 0.15) is 6.29 Å². The van der Waals surface area contributed by atoms with Gasteiger partial charge in [-0.2, -0.15) is 0 Å². The van der Waals surface area contributed by atoms with E-state index >= 15 is 0 Å². The van der Waals surface area contributed by atoms with E-state index in [0.29, 0.717) is 12.8 Å². The Morgan fingerprint density at radius 2 is 2.00 bits per heavy atom. The molecule has 0 spiro atoms. The van der Waals surface area contributed by atoms with Crippen molar-refractivity contribution in [2.75, 3.05) is 0 Å². The molecule has 0 N–H and O–H groups in total. The molecule has 0 aromatic carbocycles. The predicted octanol–water partition coefficient (Wildman–Crippen LogP) is 2.18. The zero-order chi connectivity index (χ0) is 11.9. The van der Waals surface area contributed by atoms with Crippen LogP contribution < -0.4 is 0 Å². The highest BCUT2D eigenvalue weighted by Crippen LogP contribution is 2.43. The predicted molar refractivity (Wildman–Crippen MR) is 63.1 cm³/mol. The van der Waals surface area contributed by atoms with Crippen LogP contribution in [0, 0.1) is 0 Å². The molecule has 1 fully saturated rings. The van der Waals surface area contributed by atoms with Gasteiger partial charge in [0.2, 0.25) is 5.91 Å². The molecule has 0 aliphatic carbocycles. The molecule has 4 heteroatoms. The number of amides is 1. The van der Waals surface area contributed by atoms with E-state index in [4.69, 9.17) is 0 Å². The molecule has 1 aliphatic rings. The Hall–Kier alpha value is -0.643. The first kappa shape index (κ1) is 12.4. The molecule has 0 bridgehead atoms. The summed E-state index contributed by atoms with van der Waals surface area (Å²) in [6.07, 6.45) is 1.99. The molecule has 1 saturated heterocycles. The third kappa shape index (κ3) is 2.00. The maximum atomic E-state index is 11.7. The quantitative estimate of drug-likeness (QED) is 0.421. The second-order valence-corrected chi connectivity index (χ2v) is 10.9. The van der Waals surface area contributed by atoms with Crippen LogP contribution >= 0.6 is 0 Å². The Balaban J connectivity index is 2.86. The van der Waals surface area contributed by atoms with Gasteiger partial charge in [0.25, 0.3) is 0 Å². The minimum atomic E-state index is -1.76. The van der Waals surface area contributed by atoms with Crippen LogP contribution in [-0.2, 0) is 9.59 Å². The van der Waals surface area contributed by atoms with Crippen LogP contribution in [0.3, 0.4) is 0 Å². The van der Waals surface area contributed by atoms with Crippen molar-refractivity contribution in [2.45, 2.75) is 57.8 Å². The van der Waals surface area contributed by atoms with Crippen LogP contribution in [-0.4, -0.2) is 31.0 Å². The Bertz CT molecular complexity index is 279. The molecule has 1 aliphatic heterocycles. The molecule has 1 rings (SSSR count). The molecule has 1 atom stereocenters. The van der Waals surface area contributed by atoms with E-state index in [1.165, 1.54) is 0 Å². The lowest BCUT2D eigenvalue weighted by Gasteiger charge is -2.54. The van der Waals surface area contributed by atoms with Gasteiger partial charge in [-0.3, -0.25) is 4.79 Å². The zero-order valence-corrected chi connectivity index (χ0v) is 11.3. The molecular formula is C11H21NO2Si. The van der Waals surface area contributed by atoms with Crippen molar-refractivity contribution < 1.29 is 9.59 Å². The number of β-lactam (4-membered cyclic amide) rings is 1. The number of carbonyl (C=O) groups excluding carboxylic acids is 2. The van der Waals surface area contributed by atoms with Gasteiger partial charge < -0.3 is 9.36 Å². The van der Waals surface area contributed by atoms with E-state index in [9.17, 15) is 9.59 Å². The van der Waals surface area contributed by atoms with Crippen LogP contribution in [0.2, 0.25) is 18.1 Å². The highest BCUT2D eigenvalue weighted by molar-refractivity contribution is 6.80. The topological polar surface area (TPSA) is 37.4 Å². The standard InChI is InChI=1S/C11H21NO2Si/c1-11(2,3)15(4,5)12-9(6-7-13)8-10(12)14/h7,9H,6,8H2,1-5H3. The van der Waals surface area contributed by atoms with E-state index in [1.807, 2.05) is 4.57 Å². The fourth-order valence-electron chi connectivity index (χ4n) is 1.91. The summed E-state index contributed by atoms with van der Waals surface area (Å²) in [5.74, 6) is 0.230. The van der Waals surface area contributed by atoms with E-state index in [-0.39, 0.29) is 17.0 Å². The Kier molecular flexibility index (Phi) is 3.10. The molecule has 15 heavy (non-hydrogen) atoms. The molecule has 1 amide bonds. The summed E-state index contributed by atoms with van der Waals surface area (Å²) in [5.41, 5.74) is 0. The van der Waals surface area contributed by atoms with E-state index < -0.39 is 8.24 Å². The van der Waals surface area contributed by atoms with Crippen LogP contribution in [0.4, 0.5) is 0 Å². The highest BCUT2D eigenvalue weighted by atomic mass is 28.3. The van der Waals surface area contributed by atoms with Gasteiger partial charge in [0.05, 0.1) is 0 Å². The fraction of sp³-hybridized carbons (Fsp3) is 0.818. The first-order valence-corrected chi connectivity index (χ1v) is 8.42. The number of rotatable bonds is 3. The second kappa shape index (κ2) is 3.74. The smallest absolute Gasteiger partial charge is 0.216 e. The fourth-order valence-corrected chi connectivity index (χ4v) is 4.46. The lowest BCUT2D eigenvalue weighted by molar-refractivity contribution is -0.139. The average molecular weight is 227 g/mol. The molecule has 1 heterocycles. The lowest BCUT2D eigenvalue weighted by atomic mass is 10.0. The van der Waals surface area contributed by atoms with Crippen molar-refractivity contribution in [3.05, 3.63) is 0 Å². The summed E-state index contributed by atoms with van der Waals surface area (Å²) in [4.78, 5) is 22.2. The summed E-state index contributed by atoms with van der Waals surface area (Å²) in [6, 6.07) is 0.177. The molecular weight excluding hydrogens is 206 g/mol. The molecule has 0 aromatic heterocycles.